The third-order valence-electron chi connectivity index (χ3n) is 2.06. The van der Waals surface area contributed by atoms with Crippen LogP contribution in [0.2, 0.25) is 0 Å². The van der Waals surface area contributed by atoms with Crippen molar-refractivity contribution in [3.63, 3.8) is 0 Å². The number of hydrogen-bond donors (Lipinski definition) is 1. The van der Waals surface area contributed by atoms with E-state index in [0.717, 1.165) is 13.0 Å². The summed E-state index contributed by atoms with van der Waals surface area (Å²) in [6.07, 6.45) is 5.27. The Labute approximate surface area is 72.9 Å². The standard InChI is InChI=1S/C9H15NS/c1-4-8-7(2)10-6-5-9(8)11-3/h4,7,10H,1,5-6H2,2-3H3/t7-/m1/s1. The molecule has 1 atom stereocenters. The lowest BCUT2D eigenvalue weighted by Crippen LogP contribution is -2.32. The first-order valence-corrected chi connectivity index (χ1v) is 5.15. The van der Waals surface area contributed by atoms with Gasteiger partial charge in [0.05, 0.1) is 0 Å². The van der Waals surface area contributed by atoms with Crippen LogP contribution in [0.15, 0.2) is 23.1 Å². The van der Waals surface area contributed by atoms with Gasteiger partial charge in [-0.1, -0.05) is 12.7 Å². The van der Waals surface area contributed by atoms with E-state index < -0.39 is 0 Å². The van der Waals surface area contributed by atoms with Crippen molar-refractivity contribution >= 4 is 11.8 Å². The first-order valence-electron chi connectivity index (χ1n) is 3.92. The van der Waals surface area contributed by atoms with Crippen LogP contribution in [0.3, 0.4) is 0 Å². The highest BCUT2D eigenvalue weighted by atomic mass is 32.2. The Balaban J connectivity index is 2.85. The fraction of sp³-hybridized carbons (Fsp3) is 0.556. The molecule has 62 valence electrons. The van der Waals surface area contributed by atoms with Crippen LogP contribution in [0.4, 0.5) is 0 Å². The molecule has 0 unspecified atom stereocenters. The van der Waals surface area contributed by atoms with E-state index in [1.54, 1.807) is 0 Å². The Morgan fingerprint density at radius 1 is 1.73 bits per heavy atom. The summed E-state index contributed by atoms with van der Waals surface area (Å²) in [7, 11) is 0. The van der Waals surface area contributed by atoms with Gasteiger partial charge in [0, 0.05) is 12.6 Å². The maximum atomic E-state index is 3.82. The summed E-state index contributed by atoms with van der Waals surface area (Å²) >= 11 is 1.85. The molecule has 0 spiro atoms. The zero-order valence-corrected chi connectivity index (χ0v) is 8.00. The van der Waals surface area contributed by atoms with E-state index in [1.807, 2.05) is 17.8 Å². The number of hydrogen-bond acceptors (Lipinski definition) is 2. The summed E-state index contributed by atoms with van der Waals surface area (Å²) in [4.78, 5) is 1.49. The Morgan fingerprint density at radius 3 is 2.91 bits per heavy atom. The van der Waals surface area contributed by atoms with E-state index in [2.05, 4.69) is 25.1 Å². The van der Waals surface area contributed by atoms with Crippen LogP contribution in [-0.2, 0) is 0 Å². The molecule has 0 fully saturated rings. The molecule has 1 N–H and O–H groups in total. The predicted molar refractivity (Wildman–Crippen MR) is 52.8 cm³/mol. The van der Waals surface area contributed by atoms with Gasteiger partial charge in [0.25, 0.3) is 0 Å². The largest absolute Gasteiger partial charge is 0.310 e. The monoisotopic (exact) mass is 169 g/mol. The van der Waals surface area contributed by atoms with Crippen molar-refractivity contribution < 1.29 is 0 Å². The third-order valence-corrected chi connectivity index (χ3v) is 2.99. The van der Waals surface area contributed by atoms with E-state index >= 15 is 0 Å². The van der Waals surface area contributed by atoms with Crippen molar-refractivity contribution in [2.75, 3.05) is 12.8 Å². The van der Waals surface area contributed by atoms with E-state index in [9.17, 15) is 0 Å². The minimum atomic E-state index is 0.490. The number of thioether (sulfide) groups is 1. The highest BCUT2D eigenvalue weighted by Gasteiger charge is 2.14. The van der Waals surface area contributed by atoms with Gasteiger partial charge in [-0.15, -0.1) is 11.8 Å². The van der Waals surface area contributed by atoms with Crippen molar-refractivity contribution in [3.8, 4) is 0 Å². The molecule has 0 saturated heterocycles. The summed E-state index contributed by atoms with van der Waals surface area (Å²) in [5.41, 5.74) is 1.38. The van der Waals surface area contributed by atoms with Gasteiger partial charge in [-0.2, -0.15) is 0 Å². The molecule has 0 aromatic heterocycles. The van der Waals surface area contributed by atoms with Crippen LogP contribution >= 0.6 is 11.8 Å². The Kier molecular flexibility index (Phi) is 3.21. The lowest BCUT2D eigenvalue weighted by Gasteiger charge is -2.24. The average molecular weight is 169 g/mol. The minimum absolute atomic E-state index is 0.490. The number of nitrogens with one attached hydrogen (secondary N) is 1. The van der Waals surface area contributed by atoms with Gasteiger partial charge in [-0.05, 0) is 30.1 Å². The van der Waals surface area contributed by atoms with Gasteiger partial charge in [0.2, 0.25) is 0 Å². The SMILES string of the molecule is C=CC1=C(SC)CCN[C@@H]1C. The van der Waals surface area contributed by atoms with Crippen LogP contribution in [0.25, 0.3) is 0 Å². The van der Waals surface area contributed by atoms with Crippen molar-refractivity contribution in [1.29, 1.82) is 0 Å². The van der Waals surface area contributed by atoms with Gasteiger partial charge in [0.15, 0.2) is 0 Å². The zero-order chi connectivity index (χ0) is 8.27. The van der Waals surface area contributed by atoms with Crippen LogP contribution in [0.5, 0.6) is 0 Å². The van der Waals surface area contributed by atoms with Gasteiger partial charge in [-0.25, -0.2) is 0 Å². The molecule has 0 aromatic rings. The molecule has 0 radical (unpaired) electrons. The molecule has 0 amide bonds. The predicted octanol–water partition coefficient (Wildman–Crippen LogP) is 2.17. The Morgan fingerprint density at radius 2 is 2.45 bits per heavy atom. The molecule has 1 aliphatic heterocycles. The molecule has 0 aliphatic carbocycles. The number of rotatable bonds is 2. The maximum absolute atomic E-state index is 3.82. The molecule has 0 aromatic carbocycles. The van der Waals surface area contributed by atoms with Gasteiger partial charge < -0.3 is 5.32 Å². The fourth-order valence-corrected chi connectivity index (χ4v) is 2.21. The lowest BCUT2D eigenvalue weighted by molar-refractivity contribution is 0.590. The second kappa shape index (κ2) is 3.98. The smallest absolute Gasteiger partial charge is 0.0299 e. The summed E-state index contributed by atoms with van der Waals surface area (Å²) < 4.78 is 0. The highest BCUT2D eigenvalue weighted by Crippen LogP contribution is 2.26. The van der Waals surface area contributed by atoms with Gasteiger partial charge >= 0.3 is 0 Å². The van der Waals surface area contributed by atoms with E-state index in [1.165, 1.54) is 10.5 Å². The van der Waals surface area contributed by atoms with Crippen LogP contribution < -0.4 is 5.32 Å². The van der Waals surface area contributed by atoms with E-state index in [4.69, 9.17) is 0 Å². The molecule has 1 nitrogen and oxygen atoms in total. The Bertz CT molecular complexity index is 184. The van der Waals surface area contributed by atoms with Gasteiger partial charge in [-0.3, -0.25) is 0 Å². The topological polar surface area (TPSA) is 12.0 Å². The van der Waals surface area contributed by atoms with Gasteiger partial charge in [0.1, 0.15) is 0 Å². The van der Waals surface area contributed by atoms with E-state index in [0.29, 0.717) is 6.04 Å². The second-order valence-electron chi connectivity index (χ2n) is 2.71. The maximum Gasteiger partial charge on any atom is 0.0299 e. The summed E-state index contributed by atoms with van der Waals surface area (Å²) in [6.45, 7) is 7.11. The van der Waals surface area contributed by atoms with E-state index in [-0.39, 0.29) is 0 Å². The molecule has 0 saturated carbocycles. The lowest BCUT2D eigenvalue weighted by atomic mass is 10.0. The van der Waals surface area contributed by atoms with Crippen LogP contribution in [-0.4, -0.2) is 18.8 Å². The Hall–Kier alpha value is -0.210. The quantitative estimate of drug-likeness (QED) is 0.680. The first-order chi connectivity index (χ1) is 5.29. The van der Waals surface area contributed by atoms with Crippen molar-refractivity contribution in [2.24, 2.45) is 0 Å². The van der Waals surface area contributed by atoms with Crippen molar-refractivity contribution in [3.05, 3.63) is 23.1 Å². The molecule has 1 rings (SSSR count). The second-order valence-corrected chi connectivity index (χ2v) is 3.61. The minimum Gasteiger partial charge on any atom is -0.310 e. The summed E-state index contributed by atoms with van der Waals surface area (Å²) in [5.74, 6) is 0. The van der Waals surface area contributed by atoms with Crippen LogP contribution in [0.1, 0.15) is 13.3 Å². The molecule has 1 aliphatic rings. The molecular weight excluding hydrogens is 154 g/mol. The molecule has 0 bridgehead atoms. The highest BCUT2D eigenvalue weighted by molar-refractivity contribution is 8.02. The molecular formula is C9H15NS. The first kappa shape index (κ1) is 8.88. The zero-order valence-electron chi connectivity index (χ0n) is 7.18. The van der Waals surface area contributed by atoms with Crippen molar-refractivity contribution in [2.45, 2.75) is 19.4 Å². The summed E-state index contributed by atoms with van der Waals surface area (Å²) in [6, 6.07) is 0.490. The van der Waals surface area contributed by atoms with Crippen molar-refractivity contribution in [1.82, 2.24) is 5.32 Å². The molecule has 1 heterocycles. The normalized spacial score (nSPS) is 25.5. The van der Waals surface area contributed by atoms with Crippen LogP contribution in [0, 0.1) is 0 Å². The molecule has 11 heavy (non-hydrogen) atoms. The third kappa shape index (κ3) is 1.88. The molecule has 2 heteroatoms. The average Bonchev–Trinajstić information content (AvgIpc) is 2.04. The fourth-order valence-electron chi connectivity index (χ4n) is 1.41. The summed E-state index contributed by atoms with van der Waals surface area (Å²) in [5, 5.41) is 3.40.